The summed E-state index contributed by atoms with van der Waals surface area (Å²) < 4.78 is 7.45. The van der Waals surface area contributed by atoms with Gasteiger partial charge in [0.25, 0.3) is 5.89 Å². The summed E-state index contributed by atoms with van der Waals surface area (Å²) in [6.07, 6.45) is 0. The number of carbonyl (C=O) groups is 1. The van der Waals surface area contributed by atoms with E-state index in [1.807, 2.05) is 53.1 Å². The molecule has 0 saturated heterocycles. The smallest absolute Gasteiger partial charge is 0.264 e. The van der Waals surface area contributed by atoms with E-state index in [1.54, 1.807) is 13.0 Å². The molecule has 0 aliphatic heterocycles. The molecule has 1 amide bonds. The van der Waals surface area contributed by atoms with Crippen LogP contribution >= 0.6 is 11.6 Å². The number of aryl methyl sites for hydroxylation is 1. The predicted octanol–water partition coefficient (Wildman–Crippen LogP) is 3.97. The van der Waals surface area contributed by atoms with Gasteiger partial charge in [0.15, 0.2) is 0 Å². The zero-order chi connectivity index (χ0) is 18.8. The fraction of sp³-hybridized carbons (Fsp3) is 0.150. The zero-order valence-corrected chi connectivity index (χ0v) is 15.4. The lowest BCUT2D eigenvalue weighted by Gasteiger charge is -2.10. The van der Waals surface area contributed by atoms with Crippen LogP contribution < -0.4 is 5.32 Å². The molecular formula is C20H17ClN4O2. The molecule has 0 atom stereocenters. The molecule has 2 heterocycles. The van der Waals surface area contributed by atoms with Gasteiger partial charge in [0.2, 0.25) is 11.8 Å². The van der Waals surface area contributed by atoms with E-state index in [9.17, 15) is 4.79 Å². The van der Waals surface area contributed by atoms with Crippen molar-refractivity contribution >= 4 is 28.4 Å². The Hall–Kier alpha value is -3.12. The molecule has 7 heteroatoms. The summed E-state index contributed by atoms with van der Waals surface area (Å²) in [5.74, 6) is 0.737. The van der Waals surface area contributed by atoms with E-state index in [4.69, 9.17) is 16.0 Å². The third-order valence-corrected chi connectivity index (χ3v) is 4.66. The van der Waals surface area contributed by atoms with Gasteiger partial charge in [0, 0.05) is 29.4 Å². The van der Waals surface area contributed by atoms with E-state index >= 15 is 0 Å². The molecule has 0 unspecified atom stereocenters. The van der Waals surface area contributed by atoms with Gasteiger partial charge in [-0.25, -0.2) is 0 Å². The van der Waals surface area contributed by atoms with Crippen molar-refractivity contribution in [1.29, 1.82) is 0 Å². The maximum atomic E-state index is 12.6. The lowest BCUT2D eigenvalue weighted by Crippen LogP contribution is -2.27. The third kappa shape index (κ3) is 3.57. The molecule has 0 saturated carbocycles. The number of benzene rings is 2. The fourth-order valence-electron chi connectivity index (χ4n) is 2.99. The van der Waals surface area contributed by atoms with E-state index in [0.29, 0.717) is 29.0 Å². The SMILES string of the molecule is Cc1nnc(-c2cc3ccccc3n2CC(=O)NCc2ccccc2Cl)o1. The monoisotopic (exact) mass is 380 g/mol. The van der Waals surface area contributed by atoms with E-state index in [2.05, 4.69) is 15.5 Å². The van der Waals surface area contributed by atoms with Crippen molar-refractivity contribution in [2.45, 2.75) is 20.0 Å². The Bertz CT molecular complexity index is 1120. The van der Waals surface area contributed by atoms with Crippen LogP contribution in [0, 0.1) is 6.92 Å². The van der Waals surface area contributed by atoms with Crippen LogP contribution in [0.1, 0.15) is 11.5 Å². The van der Waals surface area contributed by atoms with Crippen LogP contribution in [0.5, 0.6) is 0 Å². The average Bonchev–Trinajstić information content (AvgIpc) is 3.25. The average molecular weight is 381 g/mol. The normalized spacial score (nSPS) is 11.0. The topological polar surface area (TPSA) is 73.0 Å². The number of amides is 1. The van der Waals surface area contributed by atoms with Crippen LogP contribution in [0.15, 0.2) is 59.0 Å². The Balaban J connectivity index is 1.61. The molecule has 6 nitrogen and oxygen atoms in total. The number of nitrogens with zero attached hydrogens (tertiary/aromatic N) is 3. The summed E-state index contributed by atoms with van der Waals surface area (Å²) in [5.41, 5.74) is 2.51. The molecular weight excluding hydrogens is 364 g/mol. The zero-order valence-electron chi connectivity index (χ0n) is 14.6. The Kier molecular flexibility index (Phi) is 4.64. The van der Waals surface area contributed by atoms with E-state index in [0.717, 1.165) is 16.5 Å². The number of halogens is 1. The minimum atomic E-state index is -0.131. The largest absolute Gasteiger partial charge is 0.420 e. The molecule has 1 N–H and O–H groups in total. The summed E-state index contributed by atoms with van der Waals surface area (Å²) in [5, 5.41) is 12.5. The first-order chi connectivity index (χ1) is 13.1. The first-order valence-corrected chi connectivity index (χ1v) is 8.88. The van der Waals surface area contributed by atoms with Gasteiger partial charge >= 0.3 is 0 Å². The highest BCUT2D eigenvalue weighted by Crippen LogP contribution is 2.27. The summed E-state index contributed by atoms with van der Waals surface area (Å²) >= 11 is 6.15. The molecule has 0 bridgehead atoms. The molecule has 136 valence electrons. The third-order valence-electron chi connectivity index (χ3n) is 4.29. The number of hydrogen-bond donors (Lipinski definition) is 1. The molecule has 0 aliphatic carbocycles. The quantitative estimate of drug-likeness (QED) is 0.568. The lowest BCUT2D eigenvalue weighted by atomic mass is 10.2. The summed E-state index contributed by atoms with van der Waals surface area (Å²) in [6, 6.07) is 17.2. The number of fused-ring (bicyclic) bond motifs is 1. The molecule has 27 heavy (non-hydrogen) atoms. The van der Waals surface area contributed by atoms with E-state index < -0.39 is 0 Å². The highest BCUT2D eigenvalue weighted by Gasteiger charge is 2.17. The van der Waals surface area contributed by atoms with E-state index in [1.165, 1.54) is 0 Å². The molecule has 4 aromatic rings. The van der Waals surface area contributed by atoms with Gasteiger partial charge in [-0.05, 0) is 23.8 Å². The molecule has 2 aromatic heterocycles. The molecule has 4 rings (SSSR count). The minimum Gasteiger partial charge on any atom is -0.420 e. The Morgan fingerprint density at radius 1 is 1.15 bits per heavy atom. The standard InChI is InChI=1S/C20H17ClN4O2/c1-13-23-24-20(27-13)18-10-14-6-3-5-9-17(14)25(18)12-19(26)22-11-15-7-2-4-8-16(15)21/h2-10H,11-12H2,1H3,(H,22,26). The van der Waals surface area contributed by atoms with Gasteiger partial charge in [-0.3, -0.25) is 4.79 Å². The molecule has 0 radical (unpaired) electrons. The van der Waals surface area contributed by atoms with Crippen LogP contribution in [-0.4, -0.2) is 20.7 Å². The van der Waals surface area contributed by atoms with Crippen LogP contribution in [0.2, 0.25) is 5.02 Å². The second-order valence-electron chi connectivity index (χ2n) is 6.17. The Morgan fingerprint density at radius 2 is 1.93 bits per heavy atom. The van der Waals surface area contributed by atoms with Crippen LogP contribution in [0.4, 0.5) is 0 Å². The number of aromatic nitrogens is 3. The van der Waals surface area contributed by atoms with Crippen molar-refractivity contribution in [3.8, 4) is 11.6 Å². The lowest BCUT2D eigenvalue weighted by molar-refractivity contribution is -0.121. The summed E-state index contributed by atoms with van der Waals surface area (Å²) in [6.45, 7) is 2.24. The van der Waals surface area contributed by atoms with Gasteiger partial charge in [0.05, 0.1) is 0 Å². The number of para-hydroxylation sites is 1. The van der Waals surface area contributed by atoms with Gasteiger partial charge in [0.1, 0.15) is 12.2 Å². The maximum absolute atomic E-state index is 12.6. The van der Waals surface area contributed by atoms with Crippen molar-refractivity contribution in [2.24, 2.45) is 0 Å². The number of rotatable bonds is 5. The van der Waals surface area contributed by atoms with Gasteiger partial charge in [-0.1, -0.05) is 48.0 Å². The summed E-state index contributed by atoms with van der Waals surface area (Å²) in [4.78, 5) is 12.6. The number of hydrogen-bond acceptors (Lipinski definition) is 4. The predicted molar refractivity (Wildman–Crippen MR) is 103 cm³/mol. The molecule has 0 aliphatic rings. The summed E-state index contributed by atoms with van der Waals surface area (Å²) in [7, 11) is 0. The minimum absolute atomic E-state index is 0.131. The van der Waals surface area contributed by atoms with Crippen LogP contribution in [0.3, 0.4) is 0 Å². The van der Waals surface area contributed by atoms with E-state index in [-0.39, 0.29) is 12.5 Å². The maximum Gasteiger partial charge on any atom is 0.264 e. The molecule has 2 aromatic carbocycles. The Labute approximate surface area is 160 Å². The first-order valence-electron chi connectivity index (χ1n) is 8.50. The second kappa shape index (κ2) is 7.25. The van der Waals surface area contributed by atoms with Crippen molar-refractivity contribution in [3.63, 3.8) is 0 Å². The van der Waals surface area contributed by atoms with Crippen molar-refractivity contribution in [3.05, 3.63) is 71.1 Å². The van der Waals surface area contributed by atoms with Gasteiger partial charge in [-0.15, -0.1) is 10.2 Å². The fourth-order valence-corrected chi connectivity index (χ4v) is 3.20. The molecule has 0 fully saturated rings. The van der Waals surface area contributed by atoms with Gasteiger partial charge in [-0.2, -0.15) is 0 Å². The van der Waals surface area contributed by atoms with Crippen molar-refractivity contribution < 1.29 is 9.21 Å². The van der Waals surface area contributed by atoms with Crippen LogP contribution in [0.25, 0.3) is 22.5 Å². The highest BCUT2D eigenvalue weighted by atomic mass is 35.5. The van der Waals surface area contributed by atoms with Crippen molar-refractivity contribution in [1.82, 2.24) is 20.1 Å². The Morgan fingerprint density at radius 3 is 2.70 bits per heavy atom. The van der Waals surface area contributed by atoms with Crippen LogP contribution in [-0.2, 0) is 17.9 Å². The number of carbonyl (C=O) groups excluding carboxylic acids is 1. The number of nitrogens with one attached hydrogen (secondary N) is 1. The second-order valence-corrected chi connectivity index (χ2v) is 6.58. The van der Waals surface area contributed by atoms with Gasteiger partial charge < -0.3 is 14.3 Å². The molecule has 0 spiro atoms. The first kappa shape index (κ1) is 17.3. The van der Waals surface area contributed by atoms with Crippen molar-refractivity contribution in [2.75, 3.05) is 0 Å². The highest BCUT2D eigenvalue weighted by molar-refractivity contribution is 6.31.